The van der Waals surface area contributed by atoms with E-state index < -0.39 is 29.8 Å². The number of aliphatic carboxylic acids is 1. The van der Waals surface area contributed by atoms with Gasteiger partial charge in [-0.15, -0.1) is 0 Å². The predicted molar refractivity (Wildman–Crippen MR) is 81.5 cm³/mol. The average molecular weight is 309 g/mol. The van der Waals surface area contributed by atoms with Crippen LogP contribution in [0.25, 0.3) is 0 Å². The molecule has 2 atom stereocenters. The highest BCUT2D eigenvalue weighted by atomic mass is 16.6. The molecule has 22 heavy (non-hydrogen) atoms. The van der Waals surface area contributed by atoms with Crippen molar-refractivity contribution >= 4 is 12.1 Å². The smallest absolute Gasteiger partial charge is 0.408 e. The van der Waals surface area contributed by atoms with Crippen molar-refractivity contribution in [2.75, 3.05) is 0 Å². The number of carbonyl (C=O) groups excluding carboxylic acids is 1. The minimum atomic E-state index is -1.18. The summed E-state index contributed by atoms with van der Waals surface area (Å²) in [6.45, 7) is 7.12. The normalized spacial score (nSPS) is 14.0. The summed E-state index contributed by atoms with van der Waals surface area (Å²) in [5, 5.41) is 11.5. The molecule has 2 N–H and O–H groups in total. The predicted octanol–water partition coefficient (Wildman–Crippen LogP) is 2.57. The van der Waals surface area contributed by atoms with E-state index in [2.05, 4.69) is 5.32 Å². The van der Waals surface area contributed by atoms with Crippen molar-refractivity contribution in [2.45, 2.75) is 52.0 Å². The first-order chi connectivity index (χ1) is 10.2. The fraction of sp³-hybridized carbons (Fsp3) is 0.500. The van der Waals surface area contributed by atoms with Crippen LogP contribution < -0.4 is 5.32 Å². The molecule has 0 aliphatic heterocycles. The maximum atomic E-state index is 11.7. The molecule has 0 saturated carbocycles. The number of benzene rings is 1. The van der Waals surface area contributed by atoms with Crippen molar-refractivity contribution in [1.29, 1.82) is 0 Å². The van der Waals surface area contributed by atoms with Crippen molar-refractivity contribution in [3.05, 3.63) is 35.9 Å². The molecule has 0 bridgehead atoms. The Kier molecular flexibility index (Phi) is 6.37. The summed E-state index contributed by atoms with van der Waals surface area (Å²) < 4.78 is 10.6. The van der Waals surface area contributed by atoms with Gasteiger partial charge in [-0.1, -0.05) is 30.3 Å². The molecule has 0 aliphatic carbocycles. The first kappa shape index (κ1) is 18.0. The summed E-state index contributed by atoms with van der Waals surface area (Å²) in [7, 11) is 0. The van der Waals surface area contributed by atoms with Crippen LogP contribution in [0.3, 0.4) is 0 Å². The summed E-state index contributed by atoms with van der Waals surface area (Å²) in [6, 6.07) is 7.96. The summed E-state index contributed by atoms with van der Waals surface area (Å²) in [5.74, 6) is -1.17. The highest BCUT2D eigenvalue weighted by Gasteiger charge is 2.30. The Hall–Kier alpha value is -2.08. The number of alkyl carbamates (subject to hydrolysis) is 1. The van der Waals surface area contributed by atoms with Gasteiger partial charge in [0, 0.05) is 0 Å². The SMILES string of the molecule is C[C@H](OC(C)(C)C)C(NC(=O)OCc1ccccc1)C(=O)O. The molecule has 0 saturated heterocycles. The lowest BCUT2D eigenvalue weighted by Gasteiger charge is -2.29. The second-order valence-corrected chi connectivity index (χ2v) is 5.96. The van der Waals surface area contributed by atoms with Crippen LogP contribution in [0.5, 0.6) is 0 Å². The van der Waals surface area contributed by atoms with Gasteiger partial charge in [-0.05, 0) is 33.3 Å². The maximum Gasteiger partial charge on any atom is 0.408 e. The average Bonchev–Trinajstić information content (AvgIpc) is 2.41. The van der Waals surface area contributed by atoms with Crippen molar-refractivity contribution in [2.24, 2.45) is 0 Å². The molecule has 1 aromatic carbocycles. The van der Waals surface area contributed by atoms with E-state index in [4.69, 9.17) is 9.47 Å². The third-order valence-corrected chi connectivity index (χ3v) is 2.76. The number of hydrogen-bond donors (Lipinski definition) is 2. The van der Waals surface area contributed by atoms with Crippen LogP contribution in [-0.2, 0) is 20.9 Å². The summed E-state index contributed by atoms with van der Waals surface area (Å²) in [4.78, 5) is 23.0. The Balaban J connectivity index is 2.55. The topological polar surface area (TPSA) is 84.9 Å². The second-order valence-electron chi connectivity index (χ2n) is 5.96. The monoisotopic (exact) mass is 309 g/mol. The van der Waals surface area contributed by atoms with Crippen LogP contribution >= 0.6 is 0 Å². The van der Waals surface area contributed by atoms with Crippen LogP contribution in [0.1, 0.15) is 33.3 Å². The van der Waals surface area contributed by atoms with Crippen LogP contribution in [0, 0.1) is 0 Å². The van der Waals surface area contributed by atoms with Gasteiger partial charge in [0.25, 0.3) is 0 Å². The van der Waals surface area contributed by atoms with Crippen molar-refractivity contribution < 1.29 is 24.2 Å². The molecule has 0 heterocycles. The van der Waals surface area contributed by atoms with Gasteiger partial charge in [0.1, 0.15) is 6.61 Å². The molecule has 1 amide bonds. The van der Waals surface area contributed by atoms with E-state index in [1.807, 2.05) is 51.1 Å². The Morgan fingerprint density at radius 3 is 2.32 bits per heavy atom. The van der Waals surface area contributed by atoms with E-state index in [9.17, 15) is 14.7 Å². The van der Waals surface area contributed by atoms with Gasteiger partial charge in [0.2, 0.25) is 0 Å². The fourth-order valence-corrected chi connectivity index (χ4v) is 1.90. The number of hydrogen-bond acceptors (Lipinski definition) is 4. The minimum Gasteiger partial charge on any atom is -0.480 e. The van der Waals surface area contributed by atoms with Gasteiger partial charge in [-0.2, -0.15) is 0 Å². The number of amides is 1. The van der Waals surface area contributed by atoms with Crippen LogP contribution in [0.4, 0.5) is 4.79 Å². The summed E-state index contributed by atoms with van der Waals surface area (Å²) >= 11 is 0. The highest BCUT2D eigenvalue weighted by molar-refractivity contribution is 5.80. The molecular formula is C16H23NO5. The van der Waals surface area contributed by atoms with Gasteiger partial charge in [0.05, 0.1) is 11.7 Å². The van der Waals surface area contributed by atoms with E-state index in [1.54, 1.807) is 6.92 Å². The number of rotatable bonds is 6. The van der Waals surface area contributed by atoms with Gasteiger partial charge in [-0.25, -0.2) is 9.59 Å². The molecular weight excluding hydrogens is 286 g/mol. The molecule has 0 fully saturated rings. The molecule has 6 nitrogen and oxygen atoms in total. The Labute approximate surface area is 130 Å². The number of carboxylic acid groups (broad SMARTS) is 1. The first-order valence-corrected chi connectivity index (χ1v) is 7.07. The number of carbonyl (C=O) groups is 2. The second kappa shape index (κ2) is 7.79. The lowest BCUT2D eigenvalue weighted by atomic mass is 10.1. The number of ether oxygens (including phenoxy) is 2. The zero-order valence-corrected chi connectivity index (χ0v) is 13.3. The van der Waals surface area contributed by atoms with Crippen LogP contribution in [0.15, 0.2) is 30.3 Å². The van der Waals surface area contributed by atoms with Gasteiger partial charge < -0.3 is 19.9 Å². The standard InChI is InChI=1S/C16H23NO5/c1-11(22-16(2,3)4)13(14(18)19)17-15(20)21-10-12-8-6-5-7-9-12/h5-9,11,13H,10H2,1-4H3,(H,17,20)(H,18,19)/t11-,13?/m0/s1. The van der Waals surface area contributed by atoms with Gasteiger partial charge in [0.15, 0.2) is 6.04 Å². The van der Waals surface area contributed by atoms with E-state index in [1.165, 1.54) is 0 Å². The molecule has 1 aromatic rings. The molecule has 6 heteroatoms. The molecule has 1 rings (SSSR count). The van der Waals surface area contributed by atoms with Gasteiger partial charge in [-0.3, -0.25) is 0 Å². The highest BCUT2D eigenvalue weighted by Crippen LogP contribution is 2.13. The lowest BCUT2D eigenvalue weighted by Crippen LogP contribution is -2.50. The molecule has 0 radical (unpaired) electrons. The molecule has 1 unspecified atom stereocenters. The Morgan fingerprint density at radius 2 is 1.82 bits per heavy atom. The fourth-order valence-electron chi connectivity index (χ4n) is 1.90. The largest absolute Gasteiger partial charge is 0.480 e. The quantitative estimate of drug-likeness (QED) is 0.843. The molecule has 122 valence electrons. The van der Waals surface area contributed by atoms with Crippen molar-refractivity contribution in [3.8, 4) is 0 Å². The molecule has 0 aliphatic rings. The minimum absolute atomic E-state index is 0.0769. The third kappa shape index (κ3) is 6.58. The maximum absolute atomic E-state index is 11.7. The van der Waals surface area contributed by atoms with E-state index in [0.29, 0.717) is 0 Å². The number of carboxylic acids is 1. The van der Waals surface area contributed by atoms with E-state index >= 15 is 0 Å². The Morgan fingerprint density at radius 1 is 1.23 bits per heavy atom. The van der Waals surface area contributed by atoms with Crippen LogP contribution in [0.2, 0.25) is 0 Å². The lowest BCUT2D eigenvalue weighted by molar-refractivity contribution is -0.147. The van der Waals surface area contributed by atoms with E-state index in [0.717, 1.165) is 5.56 Å². The van der Waals surface area contributed by atoms with Gasteiger partial charge >= 0.3 is 12.1 Å². The van der Waals surface area contributed by atoms with Crippen molar-refractivity contribution in [1.82, 2.24) is 5.32 Å². The van der Waals surface area contributed by atoms with E-state index in [-0.39, 0.29) is 6.61 Å². The first-order valence-electron chi connectivity index (χ1n) is 7.07. The summed E-state index contributed by atoms with van der Waals surface area (Å²) in [6.07, 6.45) is -1.48. The third-order valence-electron chi connectivity index (χ3n) is 2.76. The Bertz CT molecular complexity index is 495. The zero-order valence-electron chi connectivity index (χ0n) is 13.3. The summed E-state index contributed by atoms with van der Waals surface area (Å²) in [5.41, 5.74) is 0.312. The molecule has 0 spiro atoms. The number of nitrogens with one attached hydrogen (secondary N) is 1. The van der Waals surface area contributed by atoms with Crippen LogP contribution in [-0.4, -0.2) is 34.9 Å². The van der Waals surface area contributed by atoms with Crippen molar-refractivity contribution in [3.63, 3.8) is 0 Å². The molecule has 0 aromatic heterocycles. The zero-order chi connectivity index (χ0) is 16.8.